The van der Waals surface area contributed by atoms with Gasteiger partial charge in [-0.25, -0.2) is 0 Å². The van der Waals surface area contributed by atoms with Crippen LogP contribution in [0.25, 0.3) is 0 Å². The van der Waals surface area contributed by atoms with Crippen molar-refractivity contribution in [3.63, 3.8) is 0 Å². The van der Waals surface area contributed by atoms with Crippen LogP contribution in [0, 0.1) is 52.3 Å². The number of fused-ring (bicyclic) bond motifs is 5. The minimum absolute atomic E-state index is 0.0400. The summed E-state index contributed by atoms with van der Waals surface area (Å²) in [4.78, 5) is 0. The molecule has 0 heterocycles. The van der Waals surface area contributed by atoms with Gasteiger partial charge in [-0.1, -0.05) is 66.0 Å². The predicted molar refractivity (Wildman–Crippen MR) is 124 cm³/mol. The van der Waals surface area contributed by atoms with E-state index in [2.05, 4.69) is 47.6 Å². The molecular formula is C28H48O. The minimum Gasteiger partial charge on any atom is -0.393 e. The second-order valence-corrected chi connectivity index (χ2v) is 12.7. The molecule has 3 saturated carbocycles. The molecule has 166 valence electrons. The Hall–Kier alpha value is -0.300. The van der Waals surface area contributed by atoms with Crippen LogP contribution in [0.3, 0.4) is 0 Å². The van der Waals surface area contributed by atoms with Crippen LogP contribution < -0.4 is 0 Å². The molecule has 1 heteroatoms. The zero-order valence-corrected chi connectivity index (χ0v) is 20.2. The standard InChI is InChI=1S/C28H48O/c1-18(2)19(3)7-8-20(4)24-11-12-25-23-10-9-21-17-22(29)13-15-27(21,5)26(23)14-16-28(24,25)6/h10,18-22,24-26,29H,7-9,11-17H2,1-6H3/t19?,20?,21?,22?,24?,25?,26-,27?,28?/m0/s1. The molecule has 0 aromatic heterocycles. The van der Waals surface area contributed by atoms with E-state index in [-0.39, 0.29) is 6.10 Å². The molecule has 0 bridgehead atoms. The number of aliphatic hydroxyl groups excluding tert-OH is 1. The molecule has 4 rings (SSSR count). The Morgan fingerprint density at radius 1 is 0.931 bits per heavy atom. The first kappa shape index (κ1) is 21.9. The lowest BCUT2D eigenvalue weighted by molar-refractivity contribution is -0.0428. The van der Waals surface area contributed by atoms with Gasteiger partial charge >= 0.3 is 0 Å². The van der Waals surface area contributed by atoms with E-state index in [4.69, 9.17) is 0 Å². The van der Waals surface area contributed by atoms with E-state index in [1.165, 1.54) is 51.4 Å². The Kier molecular flexibility index (Phi) is 6.04. The van der Waals surface area contributed by atoms with Gasteiger partial charge in [0.15, 0.2) is 0 Å². The summed E-state index contributed by atoms with van der Waals surface area (Å²) < 4.78 is 0. The Bertz CT molecular complexity index is 620. The summed E-state index contributed by atoms with van der Waals surface area (Å²) in [7, 11) is 0. The number of rotatable bonds is 5. The van der Waals surface area contributed by atoms with Gasteiger partial charge in [0.2, 0.25) is 0 Å². The quantitative estimate of drug-likeness (QED) is 0.470. The molecule has 0 amide bonds. The lowest BCUT2D eigenvalue weighted by atomic mass is 9.47. The first-order valence-electron chi connectivity index (χ1n) is 13.0. The van der Waals surface area contributed by atoms with Gasteiger partial charge in [-0.05, 0) is 104 Å². The summed E-state index contributed by atoms with van der Waals surface area (Å²) >= 11 is 0. The molecule has 4 aliphatic rings. The zero-order valence-electron chi connectivity index (χ0n) is 20.2. The van der Waals surface area contributed by atoms with Crippen molar-refractivity contribution in [3.8, 4) is 0 Å². The molecule has 0 saturated heterocycles. The van der Waals surface area contributed by atoms with Crippen molar-refractivity contribution in [1.29, 1.82) is 0 Å². The Balaban J connectivity index is 1.50. The van der Waals surface area contributed by atoms with Crippen LogP contribution in [0.15, 0.2) is 11.6 Å². The smallest absolute Gasteiger partial charge is 0.0543 e. The van der Waals surface area contributed by atoms with Gasteiger partial charge in [-0.2, -0.15) is 0 Å². The third-order valence-corrected chi connectivity index (χ3v) is 11.0. The monoisotopic (exact) mass is 400 g/mol. The van der Waals surface area contributed by atoms with E-state index in [0.717, 1.165) is 54.3 Å². The first-order chi connectivity index (χ1) is 13.7. The molecule has 0 radical (unpaired) electrons. The van der Waals surface area contributed by atoms with Gasteiger partial charge in [-0.3, -0.25) is 0 Å². The van der Waals surface area contributed by atoms with Gasteiger partial charge in [0.05, 0.1) is 6.10 Å². The molecule has 29 heavy (non-hydrogen) atoms. The van der Waals surface area contributed by atoms with E-state index in [1.54, 1.807) is 0 Å². The number of hydrogen-bond acceptors (Lipinski definition) is 1. The highest BCUT2D eigenvalue weighted by atomic mass is 16.3. The van der Waals surface area contributed by atoms with Crippen LogP contribution in [0.2, 0.25) is 0 Å². The molecule has 0 aliphatic heterocycles. The first-order valence-corrected chi connectivity index (χ1v) is 13.0. The molecule has 1 N–H and O–H groups in total. The van der Waals surface area contributed by atoms with Crippen LogP contribution in [0.4, 0.5) is 0 Å². The maximum absolute atomic E-state index is 10.2. The van der Waals surface area contributed by atoms with Gasteiger partial charge in [0.25, 0.3) is 0 Å². The largest absolute Gasteiger partial charge is 0.393 e. The lowest BCUT2D eigenvalue weighted by Crippen LogP contribution is -2.49. The normalized spacial score (nSPS) is 46.5. The molecule has 4 aliphatic carbocycles. The third-order valence-electron chi connectivity index (χ3n) is 11.0. The Morgan fingerprint density at radius 3 is 2.34 bits per heavy atom. The maximum Gasteiger partial charge on any atom is 0.0543 e. The van der Waals surface area contributed by atoms with Crippen LogP contribution in [-0.2, 0) is 0 Å². The van der Waals surface area contributed by atoms with Gasteiger partial charge in [0, 0.05) is 0 Å². The minimum atomic E-state index is -0.0400. The van der Waals surface area contributed by atoms with Crippen LogP contribution in [0.5, 0.6) is 0 Å². The molecular weight excluding hydrogens is 352 g/mol. The van der Waals surface area contributed by atoms with Crippen molar-refractivity contribution in [2.75, 3.05) is 0 Å². The highest BCUT2D eigenvalue weighted by Crippen LogP contribution is 2.67. The summed E-state index contributed by atoms with van der Waals surface area (Å²) in [5, 5.41) is 10.2. The summed E-state index contributed by atoms with van der Waals surface area (Å²) in [6.07, 6.45) is 15.8. The van der Waals surface area contributed by atoms with Crippen molar-refractivity contribution in [2.45, 2.75) is 112 Å². The SMILES string of the molecule is CC(C)C(C)CCC(C)C1CCC2C3=CCC4CC(O)CCC4(C)[C@H]3CCC21C. The summed E-state index contributed by atoms with van der Waals surface area (Å²) in [6.45, 7) is 15.1. The zero-order chi connectivity index (χ0) is 21.0. The van der Waals surface area contributed by atoms with Gasteiger partial charge < -0.3 is 5.11 Å². The summed E-state index contributed by atoms with van der Waals surface area (Å²) in [6, 6.07) is 0. The molecule has 0 spiro atoms. The summed E-state index contributed by atoms with van der Waals surface area (Å²) in [5.74, 6) is 5.85. The molecule has 0 aromatic carbocycles. The predicted octanol–water partition coefficient (Wildman–Crippen LogP) is 7.63. The molecule has 9 atom stereocenters. The van der Waals surface area contributed by atoms with Crippen LogP contribution in [-0.4, -0.2) is 11.2 Å². The second kappa shape index (κ2) is 7.99. The van der Waals surface area contributed by atoms with E-state index in [0.29, 0.717) is 10.8 Å². The Morgan fingerprint density at radius 2 is 1.62 bits per heavy atom. The fourth-order valence-electron chi connectivity index (χ4n) is 8.53. The molecule has 1 nitrogen and oxygen atoms in total. The number of hydrogen-bond donors (Lipinski definition) is 1. The van der Waals surface area contributed by atoms with E-state index in [9.17, 15) is 5.11 Å². The number of aliphatic hydroxyl groups is 1. The van der Waals surface area contributed by atoms with Crippen molar-refractivity contribution in [3.05, 3.63) is 11.6 Å². The van der Waals surface area contributed by atoms with Crippen LogP contribution in [0.1, 0.15) is 106 Å². The van der Waals surface area contributed by atoms with E-state index < -0.39 is 0 Å². The maximum atomic E-state index is 10.2. The van der Waals surface area contributed by atoms with Gasteiger partial charge in [-0.15, -0.1) is 0 Å². The Labute approximate surface area is 181 Å². The average Bonchev–Trinajstić information content (AvgIpc) is 3.03. The molecule has 8 unspecified atom stereocenters. The highest BCUT2D eigenvalue weighted by molar-refractivity contribution is 5.27. The van der Waals surface area contributed by atoms with Crippen molar-refractivity contribution in [1.82, 2.24) is 0 Å². The lowest BCUT2D eigenvalue weighted by Gasteiger charge is -2.57. The van der Waals surface area contributed by atoms with E-state index >= 15 is 0 Å². The fraction of sp³-hybridized carbons (Fsp3) is 0.929. The van der Waals surface area contributed by atoms with Crippen molar-refractivity contribution < 1.29 is 5.11 Å². The van der Waals surface area contributed by atoms with E-state index in [1.807, 2.05) is 5.57 Å². The highest BCUT2D eigenvalue weighted by Gasteiger charge is 2.58. The van der Waals surface area contributed by atoms with Crippen LogP contribution >= 0.6 is 0 Å². The fourth-order valence-corrected chi connectivity index (χ4v) is 8.53. The molecule has 3 fully saturated rings. The van der Waals surface area contributed by atoms with Crippen molar-refractivity contribution in [2.24, 2.45) is 52.3 Å². The van der Waals surface area contributed by atoms with Crippen molar-refractivity contribution >= 4 is 0 Å². The third kappa shape index (κ3) is 3.66. The molecule has 0 aromatic rings. The second-order valence-electron chi connectivity index (χ2n) is 12.7. The van der Waals surface area contributed by atoms with Gasteiger partial charge in [0.1, 0.15) is 0 Å². The number of allylic oxidation sites excluding steroid dienone is 2. The summed E-state index contributed by atoms with van der Waals surface area (Å²) in [5.41, 5.74) is 2.88. The topological polar surface area (TPSA) is 20.2 Å². The average molecular weight is 401 g/mol.